The fraction of sp³-hybridized carbons (Fsp3) is 0.875. The van der Waals surface area contributed by atoms with Gasteiger partial charge in [-0.25, -0.2) is 0 Å². The number of carbonyl (C=O) groups is 2. The molecule has 2 rings (SSSR count). The highest BCUT2D eigenvalue weighted by molar-refractivity contribution is 5.89. The van der Waals surface area contributed by atoms with Crippen molar-refractivity contribution >= 4 is 11.8 Å². The third kappa shape index (κ3) is 4.19. The molecule has 0 aliphatic carbocycles. The second-order valence-electron chi connectivity index (χ2n) is 6.80. The topological polar surface area (TPSA) is 61.4 Å². The van der Waals surface area contributed by atoms with Crippen molar-refractivity contribution in [3.8, 4) is 0 Å². The molecule has 2 aliphatic heterocycles. The lowest BCUT2D eigenvalue weighted by Crippen LogP contribution is -2.44. The average Bonchev–Trinajstić information content (AvgIpc) is 2.81. The zero-order chi connectivity index (χ0) is 15.4. The Morgan fingerprint density at radius 1 is 1.29 bits per heavy atom. The molecule has 0 saturated carbocycles. The van der Waals surface area contributed by atoms with Crippen LogP contribution in [0.2, 0.25) is 0 Å². The van der Waals surface area contributed by atoms with Gasteiger partial charge in [0, 0.05) is 19.0 Å². The van der Waals surface area contributed by atoms with E-state index in [1.54, 1.807) is 0 Å². The molecule has 2 heterocycles. The van der Waals surface area contributed by atoms with Crippen LogP contribution in [0, 0.1) is 11.8 Å². The highest BCUT2D eigenvalue weighted by atomic mass is 16.2. The molecule has 5 nitrogen and oxygen atoms in total. The quantitative estimate of drug-likeness (QED) is 0.799. The molecule has 0 radical (unpaired) electrons. The van der Waals surface area contributed by atoms with Gasteiger partial charge in [-0.3, -0.25) is 9.59 Å². The van der Waals surface area contributed by atoms with Crippen LogP contribution in [-0.4, -0.2) is 48.4 Å². The predicted molar refractivity (Wildman–Crippen MR) is 82.8 cm³/mol. The minimum absolute atomic E-state index is 0.0324. The molecule has 2 amide bonds. The van der Waals surface area contributed by atoms with Gasteiger partial charge in [0.25, 0.3) is 0 Å². The summed E-state index contributed by atoms with van der Waals surface area (Å²) in [6.07, 6.45) is 3.58. The molecule has 2 fully saturated rings. The summed E-state index contributed by atoms with van der Waals surface area (Å²) in [6.45, 7) is 9.06. The summed E-state index contributed by atoms with van der Waals surface area (Å²) in [6, 6.07) is -0.0896. The first-order valence-electron chi connectivity index (χ1n) is 8.29. The average molecular weight is 295 g/mol. The number of amides is 2. The van der Waals surface area contributed by atoms with E-state index >= 15 is 0 Å². The van der Waals surface area contributed by atoms with Gasteiger partial charge in [0.15, 0.2) is 0 Å². The SMILES string of the molecule is CC(CC(=O)NC1CCN(C(C)C)C1=O)C1CCNCC1. The van der Waals surface area contributed by atoms with Gasteiger partial charge in [0.2, 0.25) is 11.8 Å². The van der Waals surface area contributed by atoms with Gasteiger partial charge in [-0.05, 0) is 58.0 Å². The standard InChI is InChI=1S/C16H29N3O2/c1-11(2)19-9-6-14(16(19)21)18-15(20)10-12(3)13-4-7-17-8-5-13/h11-14,17H,4-10H2,1-3H3,(H,18,20). The maximum atomic E-state index is 12.2. The van der Waals surface area contributed by atoms with Crippen LogP contribution in [0.1, 0.15) is 46.5 Å². The monoisotopic (exact) mass is 295 g/mol. The van der Waals surface area contributed by atoms with Crippen molar-refractivity contribution < 1.29 is 9.59 Å². The maximum absolute atomic E-state index is 12.2. The lowest BCUT2D eigenvalue weighted by Gasteiger charge is -2.28. The van der Waals surface area contributed by atoms with Crippen molar-refractivity contribution in [2.45, 2.75) is 58.5 Å². The number of likely N-dealkylation sites (tertiary alicyclic amines) is 1. The summed E-state index contributed by atoms with van der Waals surface area (Å²) in [5.74, 6) is 1.13. The molecule has 5 heteroatoms. The largest absolute Gasteiger partial charge is 0.344 e. The van der Waals surface area contributed by atoms with Crippen LogP contribution in [0.15, 0.2) is 0 Å². The second-order valence-corrected chi connectivity index (χ2v) is 6.80. The van der Waals surface area contributed by atoms with Crippen LogP contribution >= 0.6 is 0 Å². The van der Waals surface area contributed by atoms with Crippen LogP contribution < -0.4 is 10.6 Å². The zero-order valence-electron chi connectivity index (χ0n) is 13.5. The predicted octanol–water partition coefficient (Wildman–Crippen LogP) is 1.14. The van der Waals surface area contributed by atoms with Gasteiger partial charge < -0.3 is 15.5 Å². The van der Waals surface area contributed by atoms with Gasteiger partial charge in [-0.15, -0.1) is 0 Å². The summed E-state index contributed by atoms with van der Waals surface area (Å²) >= 11 is 0. The Labute approximate surface area is 127 Å². The Hall–Kier alpha value is -1.10. The van der Waals surface area contributed by atoms with E-state index in [0.29, 0.717) is 18.3 Å². The molecule has 0 aromatic carbocycles. The van der Waals surface area contributed by atoms with Gasteiger partial charge in [-0.2, -0.15) is 0 Å². The van der Waals surface area contributed by atoms with E-state index in [1.165, 1.54) is 0 Å². The van der Waals surface area contributed by atoms with Crippen molar-refractivity contribution in [2.24, 2.45) is 11.8 Å². The van der Waals surface area contributed by atoms with Crippen molar-refractivity contribution in [2.75, 3.05) is 19.6 Å². The smallest absolute Gasteiger partial charge is 0.245 e. The number of nitrogens with zero attached hydrogens (tertiary/aromatic N) is 1. The van der Waals surface area contributed by atoms with E-state index in [-0.39, 0.29) is 23.9 Å². The highest BCUT2D eigenvalue weighted by Crippen LogP contribution is 2.24. The molecule has 2 atom stereocenters. The van der Waals surface area contributed by atoms with E-state index in [4.69, 9.17) is 0 Å². The molecule has 2 aliphatic rings. The van der Waals surface area contributed by atoms with E-state index in [1.807, 2.05) is 18.7 Å². The first-order valence-corrected chi connectivity index (χ1v) is 8.29. The Morgan fingerprint density at radius 2 is 1.95 bits per heavy atom. The number of rotatable bonds is 5. The lowest BCUT2D eigenvalue weighted by atomic mass is 9.84. The number of carbonyl (C=O) groups excluding carboxylic acids is 2. The minimum atomic E-state index is -0.305. The molecule has 21 heavy (non-hydrogen) atoms. The van der Waals surface area contributed by atoms with Crippen molar-refractivity contribution in [3.63, 3.8) is 0 Å². The van der Waals surface area contributed by atoms with Crippen molar-refractivity contribution in [1.29, 1.82) is 0 Å². The third-order valence-corrected chi connectivity index (χ3v) is 4.89. The summed E-state index contributed by atoms with van der Waals surface area (Å²) in [5.41, 5.74) is 0. The maximum Gasteiger partial charge on any atom is 0.245 e. The zero-order valence-corrected chi connectivity index (χ0v) is 13.5. The molecular weight excluding hydrogens is 266 g/mol. The summed E-state index contributed by atoms with van der Waals surface area (Å²) in [4.78, 5) is 26.2. The minimum Gasteiger partial charge on any atom is -0.344 e. The van der Waals surface area contributed by atoms with E-state index in [9.17, 15) is 9.59 Å². The molecule has 2 unspecified atom stereocenters. The number of hydrogen-bond donors (Lipinski definition) is 2. The summed E-state index contributed by atoms with van der Waals surface area (Å²) < 4.78 is 0. The first-order chi connectivity index (χ1) is 9.99. The summed E-state index contributed by atoms with van der Waals surface area (Å²) in [7, 11) is 0. The van der Waals surface area contributed by atoms with Crippen LogP contribution in [-0.2, 0) is 9.59 Å². The van der Waals surface area contributed by atoms with E-state index < -0.39 is 0 Å². The van der Waals surface area contributed by atoms with Crippen LogP contribution in [0.3, 0.4) is 0 Å². The second kappa shape index (κ2) is 7.25. The molecular formula is C16H29N3O2. The van der Waals surface area contributed by atoms with Gasteiger partial charge in [0.1, 0.15) is 6.04 Å². The number of nitrogens with one attached hydrogen (secondary N) is 2. The molecule has 0 spiro atoms. The molecule has 120 valence electrons. The van der Waals surface area contributed by atoms with E-state index in [2.05, 4.69) is 17.6 Å². The van der Waals surface area contributed by atoms with E-state index in [0.717, 1.165) is 38.9 Å². The molecule has 0 bridgehead atoms. The van der Waals surface area contributed by atoms with Crippen molar-refractivity contribution in [3.05, 3.63) is 0 Å². The Balaban J connectivity index is 1.78. The Morgan fingerprint density at radius 3 is 2.52 bits per heavy atom. The molecule has 0 aromatic heterocycles. The fourth-order valence-electron chi connectivity index (χ4n) is 3.47. The van der Waals surface area contributed by atoms with Gasteiger partial charge in [0.05, 0.1) is 0 Å². The fourth-order valence-corrected chi connectivity index (χ4v) is 3.47. The normalized spacial score (nSPS) is 25.4. The van der Waals surface area contributed by atoms with Gasteiger partial charge >= 0.3 is 0 Å². The van der Waals surface area contributed by atoms with Gasteiger partial charge in [-0.1, -0.05) is 6.92 Å². The molecule has 0 aromatic rings. The first kappa shape index (κ1) is 16.3. The van der Waals surface area contributed by atoms with Crippen LogP contribution in [0.5, 0.6) is 0 Å². The van der Waals surface area contributed by atoms with Crippen LogP contribution in [0.25, 0.3) is 0 Å². The Bertz CT molecular complexity index is 378. The Kier molecular flexibility index (Phi) is 5.62. The third-order valence-electron chi connectivity index (χ3n) is 4.89. The number of hydrogen-bond acceptors (Lipinski definition) is 3. The molecule has 2 N–H and O–H groups in total. The molecule has 2 saturated heterocycles. The number of piperidine rings is 1. The lowest BCUT2D eigenvalue weighted by molar-refractivity contribution is -0.134. The highest BCUT2D eigenvalue weighted by Gasteiger charge is 2.34. The van der Waals surface area contributed by atoms with Crippen LogP contribution in [0.4, 0.5) is 0 Å². The van der Waals surface area contributed by atoms with Crippen molar-refractivity contribution in [1.82, 2.24) is 15.5 Å². The summed E-state index contributed by atoms with van der Waals surface area (Å²) in [5, 5.41) is 6.29.